The van der Waals surface area contributed by atoms with E-state index in [1.807, 2.05) is 44.2 Å². The largest absolute Gasteiger partial charge is 0.435 e. The molecule has 11 heteroatoms. The minimum atomic E-state index is -4.64. The summed E-state index contributed by atoms with van der Waals surface area (Å²) in [5.74, 6) is -1.75. The third kappa shape index (κ3) is 5.87. The predicted octanol–water partition coefficient (Wildman–Crippen LogP) is 4.65. The average molecular weight is 528 g/mol. The van der Waals surface area contributed by atoms with Gasteiger partial charge in [0.15, 0.2) is 5.69 Å². The molecule has 2 heterocycles. The van der Waals surface area contributed by atoms with Crippen molar-refractivity contribution in [2.45, 2.75) is 38.8 Å². The number of aromatic nitrogens is 2. The minimum absolute atomic E-state index is 0.164. The van der Waals surface area contributed by atoms with Gasteiger partial charge in [0, 0.05) is 37.6 Å². The Kier molecular flexibility index (Phi) is 7.56. The van der Waals surface area contributed by atoms with E-state index in [-0.39, 0.29) is 11.6 Å². The summed E-state index contributed by atoms with van der Waals surface area (Å²) in [6.45, 7) is 4.62. The van der Waals surface area contributed by atoms with Gasteiger partial charge in [0.1, 0.15) is 5.69 Å². The van der Waals surface area contributed by atoms with Crippen LogP contribution in [0, 0.1) is 13.8 Å². The van der Waals surface area contributed by atoms with Gasteiger partial charge >= 0.3 is 18.0 Å². The second kappa shape index (κ2) is 10.7. The number of anilines is 2. The summed E-state index contributed by atoms with van der Waals surface area (Å²) in [5.41, 5.74) is 2.52. The lowest BCUT2D eigenvalue weighted by molar-refractivity contribution is -0.143. The fourth-order valence-electron chi connectivity index (χ4n) is 4.59. The number of alkyl halides is 3. The first kappa shape index (κ1) is 26.9. The number of benzene rings is 2. The Morgan fingerprint density at radius 1 is 0.947 bits per heavy atom. The maximum Gasteiger partial charge on any atom is 0.435 e. The van der Waals surface area contributed by atoms with Crippen LogP contribution in [0.1, 0.15) is 51.6 Å². The monoisotopic (exact) mass is 527 g/mol. The molecule has 2 aromatic carbocycles. The van der Waals surface area contributed by atoms with Crippen molar-refractivity contribution in [3.05, 3.63) is 76.6 Å². The molecule has 3 aromatic rings. The summed E-state index contributed by atoms with van der Waals surface area (Å²) in [7, 11) is 1.28. The van der Waals surface area contributed by atoms with Crippen LogP contribution in [0.3, 0.4) is 0 Å². The summed E-state index contributed by atoms with van der Waals surface area (Å²) < 4.78 is 39.5. The van der Waals surface area contributed by atoms with E-state index in [0.717, 1.165) is 21.4 Å². The number of aryl methyl sites for hydroxylation is 3. The summed E-state index contributed by atoms with van der Waals surface area (Å²) >= 11 is 0. The normalized spacial score (nSPS) is 14.3. The number of nitrogens with one attached hydrogen (secondary N) is 2. The molecule has 1 aliphatic rings. The Balaban J connectivity index is 1.32. The first-order valence-corrected chi connectivity index (χ1v) is 12.1. The quantitative estimate of drug-likeness (QED) is 0.483. The molecule has 0 aliphatic carbocycles. The maximum absolute atomic E-state index is 12.9. The highest BCUT2D eigenvalue weighted by Gasteiger charge is 2.35. The van der Waals surface area contributed by atoms with Crippen molar-refractivity contribution in [1.82, 2.24) is 14.7 Å². The van der Waals surface area contributed by atoms with E-state index in [2.05, 4.69) is 15.7 Å². The molecule has 200 valence electrons. The van der Waals surface area contributed by atoms with Crippen molar-refractivity contribution in [3.8, 4) is 0 Å². The lowest BCUT2D eigenvalue weighted by Gasteiger charge is -2.32. The highest BCUT2D eigenvalue weighted by molar-refractivity contribution is 6.39. The smallest absolute Gasteiger partial charge is 0.334 e. The van der Waals surface area contributed by atoms with Gasteiger partial charge in [0.2, 0.25) is 0 Å². The summed E-state index contributed by atoms with van der Waals surface area (Å²) in [6.07, 6.45) is -3.30. The van der Waals surface area contributed by atoms with Crippen LogP contribution in [-0.4, -0.2) is 45.5 Å². The Morgan fingerprint density at radius 2 is 1.55 bits per heavy atom. The van der Waals surface area contributed by atoms with Crippen molar-refractivity contribution < 1.29 is 27.6 Å². The van der Waals surface area contributed by atoms with Crippen molar-refractivity contribution in [1.29, 1.82) is 0 Å². The molecule has 1 saturated heterocycles. The highest BCUT2D eigenvalue weighted by atomic mass is 19.4. The number of halogens is 3. The molecule has 1 fully saturated rings. The summed E-state index contributed by atoms with van der Waals surface area (Å²) in [5, 5.41) is 8.69. The number of nitrogens with zero attached hydrogens (tertiary/aromatic N) is 3. The Labute approximate surface area is 217 Å². The summed E-state index contributed by atoms with van der Waals surface area (Å²) in [4.78, 5) is 39.3. The molecule has 0 radical (unpaired) electrons. The first-order chi connectivity index (χ1) is 17.9. The molecule has 38 heavy (non-hydrogen) atoms. The fraction of sp³-hybridized carbons (Fsp3) is 0.333. The molecule has 4 rings (SSSR count). The minimum Gasteiger partial charge on any atom is -0.334 e. The lowest BCUT2D eigenvalue weighted by Crippen LogP contribution is -2.44. The van der Waals surface area contributed by atoms with Gasteiger partial charge in [-0.3, -0.25) is 19.1 Å². The maximum atomic E-state index is 12.9. The highest BCUT2D eigenvalue weighted by Crippen LogP contribution is 2.30. The number of carbonyl (C=O) groups is 3. The van der Waals surface area contributed by atoms with Crippen LogP contribution in [-0.2, 0) is 22.8 Å². The summed E-state index contributed by atoms with van der Waals surface area (Å²) in [6, 6.07) is 13.4. The molecule has 1 aromatic heterocycles. The van der Waals surface area contributed by atoms with Crippen LogP contribution >= 0.6 is 0 Å². The Bertz CT molecular complexity index is 1340. The predicted molar refractivity (Wildman–Crippen MR) is 136 cm³/mol. The average Bonchev–Trinajstić information content (AvgIpc) is 3.29. The van der Waals surface area contributed by atoms with Crippen LogP contribution in [0.25, 0.3) is 0 Å². The van der Waals surface area contributed by atoms with Crippen LogP contribution in [0.15, 0.2) is 48.5 Å². The van der Waals surface area contributed by atoms with Crippen LogP contribution in [0.5, 0.6) is 0 Å². The Hall–Kier alpha value is -4.15. The van der Waals surface area contributed by atoms with E-state index in [1.165, 1.54) is 7.05 Å². The first-order valence-electron chi connectivity index (χ1n) is 12.1. The van der Waals surface area contributed by atoms with E-state index >= 15 is 0 Å². The Morgan fingerprint density at radius 3 is 2.11 bits per heavy atom. The van der Waals surface area contributed by atoms with Gasteiger partial charge in [0.25, 0.3) is 5.91 Å². The molecule has 3 amide bonds. The molecule has 0 unspecified atom stereocenters. The van der Waals surface area contributed by atoms with Crippen LogP contribution in [0.4, 0.5) is 24.5 Å². The zero-order valence-electron chi connectivity index (χ0n) is 21.2. The van der Waals surface area contributed by atoms with Gasteiger partial charge in [-0.2, -0.15) is 18.3 Å². The van der Waals surface area contributed by atoms with Gasteiger partial charge < -0.3 is 15.5 Å². The molecule has 0 bridgehead atoms. The molecule has 2 N–H and O–H groups in total. The van der Waals surface area contributed by atoms with E-state index in [0.29, 0.717) is 43.4 Å². The van der Waals surface area contributed by atoms with Crippen molar-refractivity contribution in [3.63, 3.8) is 0 Å². The van der Waals surface area contributed by atoms with E-state index in [9.17, 15) is 27.6 Å². The molecule has 0 saturated carbocycles. The molecule has 0 spiro atoms. The number of rotatable bonds is 4. The topological polar surface area (TPSA) is 96.3 Å². The van der Waals surface area contributed by atoms with Gasteiger partial charge in [-0.25, -0.2) is 0 Å². The second-order valence-corrected chi connectivity index (χ2v) is 9.40. The second-order valence-electron chi connectivity index (χ2n) is 9.40. The van der Waals surface area contributed by atoms with Gasteiger partial charge in [-0.15, -0.1) is 0 Å². The number of hydrogen-bond donors (Lipinski definition) is 2. The number of hydrogen-bond acceptors (Lipinski definition) is 4. The molecule has 8 nitrogen and oxygen atoms in total. The molecule has 0 atom stereocenters. The van der Waals surface area contributed by atoms with Gasteiger partial charge in [-0.05, 0) is 61.4 Å². The number of piperidine rings is 1. The number of carbonyl (C=O) groups excluding carboxylic acids is 3. The molecular weight excluding hydrogens is 499 g/mol. The third-order valence-electron chi connectivity index (χ3n) is 6.74. The van der Waals surface area contributed by atoms with E-state index in [4.69, 9.17) is 0 Å². The molecular formula is C27H28F3N5O3. The van der Waals surface area contributed by atoms with Gasteiger partial charge in [0.05, 0.1) is 0 Å². The SMILES string of the molecule is Cc1cccc(C)c1NC(=O)C(=O)N1CCC(c2ccc(NC(=O)c3cc(C(F)(F)F)nn3C)cc2)CC1. The number of likely N-dealkylation sites (tertiary alicyclic amines) is 1. The van der Waals surface area contributed by atoms with Crippen molar-refractivity contribution in [2.24, 2.45) is 7.05 Å². The standard InChI is InChI=1S/C27H28F3N5O3/c1-16-5-4-6-17(2)23(16)32-25(37)26(38)35-13-11-19(12-14-35)18-7-9-20(10-8-18)31-24(36)21-15-22(27(28,29)30)33-34(21)3/h4-10,15,19H,11-14H2,1-3H3,(H,31,36)(H,32,37). The lowest BCUT2D eigenvalue weighted by atomic mass is 9.89. The van der Waals surface area contributed by atoms with E-state index in [1.54, 1.807) is 17.0 Å². The van der Waals surface area contributed by atoms with Gasteiger partial charge in [-0.1, -0.05) is 30.3 Å². The van der Waals surface area contributed by atoms with Crippen LogP contribution in [0.2, 0.25) is 0 Å². The van der Waals surface area contributed by atoms with Crippen LogP contribution < -0.4 is 10.6 Å². The van der Waals surface area contributed by atoms with Crippen molar-refractivity contribution in [2.75, 3.05) is 23.7 Å². The third-order valence-corrected chi connectivity index (χ3v) is 6.74. The molecule has 1 aliphatic heterocycles. The number of amides is 3. The van der Waals surface area contributed by atoms with Crippen molar-refractivity contribution >= 4 is 29.1 Å². The number of para-hydroxylation sites is 1. The van der Waals surface area contributed by atoms with E-state index < -0.39 is 29.6 Å². The fourth-order valence-corrected chi connectivity index (χ4v) is 4.59. The zero-order chi connectivity index (χ0) is 27.6. The zero-order valence-corrected chi connectivity index (χ0v) is 21.2.